The lowest BCUT2D eigenvalue weighted by Gasteiger charge is -2.16. The van der Waals surface area contributed by atoms with E-state index in [0.29, 0.717) is 24.7 Å². The van der Waals surface area contributed by atoms with Crippen molar-refractivity contribution in [1.29, 1.82) is 0 Å². The fraction of sp³-hybridized carbons (Fsp3) is 0.500. The Hall–Kier alpha value is -1.40. The molecule has 1 saturated heterocycles. The van der Waals surface area contributed by atoms with Crippen molar-refractivity contribution >= 4 is 11.6 Å². The topological polar surface area (TPSA) is 95.5 Å². The third-order valence-electron chi connectivity index (χ3n) is 2.26. The van der Waals surface area contributed by atoms with Crippen molar-refractivity contribution in [3.8, 4) is 0 Å². The monoisotopic (exact) mass is 196 g/mol. The quantitative estimate of drug-likeness (QED) is 0.511. The minimum absolute atomic E-state index is 0.314. The van der Waals surface area contributed by atoms with Crippen molar-refractivity contribution < 1.29 is 10.2 Å². The van der Waals surface area contributed by atoms with Crippen molar-refractivity contribution in [2.75, 3.05) is 23.7 Å². The van der Waals surface area contributed by atoms with Crippen LogP contribution in [0.3, 0.4) is 0 Å². The van der Waals surface area contributed by atoms with E-state index in [9.17, 15) is 10.2 Å². The first-order chi connectivity index (χ1) is 6.68. The minimum Gasteiger partial charge on any atom is -0.389 e. The van der Waals surface area contributed by atoms with Crippen molar-refractivity contribution in [3.63, 3.8) is 0 Å². The summed E-state index contributed by atoms with van der Waals surface area (Å²) in [6.45, 7) is 0.675. The van der Waals surface area contributed by atoms with Crippen molar-refractivity contribution in [2.45, 2.75) is 12.2 Å². The lowest BCUT2D eigenvalue weighted by molar-refractivity contribution is 0.0572. The van der Waals surface area contributed by atoms with Gasteiger partial charge in [-0.1, -0.05) is 0 Å². The molecule has 0 bridgehead atoms. The average molecular weight is 196 g/mol. The van der Waals surface area contributed by atoms with E-state index >= 15 is 0 Å². The average Bonchev–Trinajstić information content (AvgIpc) is 2.48. The number of hydrogen-bond acceptors (Lipinski definition) is 6. The molecule has 2 heterocycles. The summed E-state index contributed by atoms with van der Waals surface area (Å²) >= 11 is 0. The van der Waals surface area contributed by atoms with E-state index in [1.165, 1.54) is 12.4 Å². The van der Waals surface area contributed by atoms with E-state index in [1.54, 1.807) is 4.90 Å². The van der Waals surface area contributed by atoms with Gasteiger partial charge < -0.3 is 20.8 Å². The van der Waals surface area contributed by atoms with Crippen LogP contribution in [0.15, 0.2) is 12.4 Å². The van der Waals surface area contributed by atoms with Crippen LogP contribution in [0.25, 0.3) is 0 Å². The number of aromatic nitrogens is 2. The maximum atomic E-state index is 9.34. The molecule has 0 spiro atoms. The standard InChI is InChI=1S/C8H12N4O2/c9-7-8(11-2-1-10-7)12-3-5(13)6(14)4-12/h1-2,5-6,13-14H,3-4H2,(H2,9,10)/t5-,6+. The molecule has 1 fully saturated rings. The van der Waals surface area contributed by atoms with E-state index in [-0.39, 0.29) is 0 Å². The van der Waals surface area contributed by atoms with Crippen molar-refractivity contribution in [3.05, 3.63) is 12.4 Å². The Bertz CT molecular complexity index is 323. The fourth-order valence-corrected chi connectivity index (χ4v) is 1.53. The number of rotatable bonds is 1. The zero-order chi connectivity index (χ0) is 10.1. The van der Waals surface area contributed by atoms with Crippen molar-refractivity contribution in [1.82, 2.24) is 9.97 Å². The number of aliphatic hydroxyl groups excluding tert-OH is 2. The van der Waals surface area contributed by atoms with Gasteiger partial charge in [0.2, 0.25) is 0 Å². The molecular formula is C8H12N4O2. The summed E-state index contributed by atoms with van der Waals surface area (Å²) in [5.41, 5.74) is 5.61. The summed E-state index contributed by atoms with van der Waals surface area (Å²) < 4.78 is 0. The van der Waals surface area contributed by atoms with Gasteiger partial charge in [-0.25, -0.2) is 9.97 Å². The number of hydrogen-bond donors (Lipinski definition) is 3. The van der Waals surface area contributed by atoms with Crippen LogP contribution >= 0.6 is 0 Å². The van der Waals surface area contributed by atoms with E-state index in [0.717, 1.165) is 0 Å². The normalized spacial score (nSPS) is 26.9. The Morgan fingerprint density at radius 2 is 1.79 bits per heavy atom. The molecule has 0 amide bonds. The van der Waals surface area contributed by atoms with Gasteiger partial charge in [-0.15, -0.1) is 0 Å². The molecule has 2 rings (SSSR count). The van der Waals surface area contributed by atoms with E-state index < -0.39 is 12.2 Å². The number of anilines is 2. The Kier molecular flexibility index (Phi) is 2.22. The van der Waals surface area contributed by atoms with Gasteiger partial charge in [0, 0.05) is 25.5 Å². The molecule has 6 nitrogen and oxygen atoms in total. The molecule has 0 aliphatic carbocycles. The second-order valence-electron chi connectivity index (χ2n) is 3.30. The molecule has 0 radical (unpaired) electrons. The van der Waals surface area contributed by atoms with Gasteiger partial charge in [0.15, 0.2) is 11.6 Å². The van der Waals surface area contributed by atoms with Gasteiger partial charge in [0.05, 0.1) is 12.2 Å². The zero-order valence-electron chi connectivity index (χ0n) is 7.54. The summed E-state index contributed by atoms with van der Waals surface area (Å²) in [4.78, 5) is 9.65. The second kappa shape index (κ2) is 3.39. The lowest BCUT2D eigenvalue weighted by Crippen LogP contribution is -2.23. The van der Waals surface area contributed by atoms with Gasteiger partial charge in [-0.2, -0.15) is 0 Å². The van der Waals surface area contributed by atoms with Gasteiger partial charge >= 0.3 is 0 Å². The molecule has 0 saturated carbocycles. The first kappa shape index (κ1) is 9.17. The first-order valence-electron chi connectivity index (χ1n) is 4.36. The molecule has 2 atom stereocenters. The van der Waals surface area contributed by atoms with Crippen LogP contribution in [0.4, 0.5) is 11.6 Å². The molecule has 1 aliphatic rings. The summed E-state index contributed by atoms with van der Waals surface area (Å²) in [5, 5.41) is 18.7. The Morgan fingerprint density at radius 3 is 2.36 bits per heavy atom. The highest BCUT2D eigenvalue weighted by molar-refractivity contribution is 5.58. The number of nitrogens with two attached hydrogens (primary N) is 1. The van der Waals surface area contributed by atoms with Crippen LogP contribution in [0.1, 0.15) is 0 Å². The predicted octanol–water partition coefficient (Wildman–Crippen LogP) is -1.40. The summed E-state index contributed by atoms with van der Waals surface area (Å²) in [7, 11) is 0. The minimum atomic E-state index is -0.739. The van der Waals surface area contributed by atoms with E-state index in [4.69, 9.17) is 5.73 Å². The summed E-state index contributed by atoms with van der Waals surface area (Å²) in [6.07, 6.45) is 1.55. The Balaban J connectivity index is 2.21. The maximum absolute atomic E-state index is 9.34. The van der Waals surface area contributed by atoms with Crippen LogP contribution in [-0.2, 0) is 0 Å². The maximum Gasteiger partial charge on any atom is 0.171 e. The molecule has 0 unspecified atom stereocenters. The molecule has 1 aromatic heterocycles. The second-order valence-corrected chi connectivity index (χ2v) is 3.30. The molecule has 4 N–H and O–H groups in total. The van der Waals surface area contributed by atoms with Gasteiger partial charge in [0.1, 0.15) is 0 Å². The number of β-amino-alcohol motifs (C(OH)–C–C–N with tert-alkyl or cyclic N) is 2. The first-order valence-corrected chi connectivity index (χ1v) is 4.36. The number of nitrogens with zero attached hydrogens (tertiary/aromatic N) is 3. The third-order valence-corrected chi connectivity index (χ3v) is 2.26. The van der Waals surface area contributed by atoms with Gasteiger partial charge in [-0.3, -0.25) is 0 Å². The van der Waals surface area contributed by atoms with E-state index in [2.05, 4.69) is 9.97 Å². The molecular weight excluding hydrogens is 184 g/mol. The number of aliphatic hydroxyl groups is 2. The smallest absolute Gasteiger partial charge is 0.171 e. The zero-order valence-corrected chi connectivity index (χ0v) is 7.54. The number of nitrogen functional groups attached to an aromatic ring is 1. The summed E-state index contributed by atoms with van der Waals surface area (Å²) in [5.74, 6) is 0.830. The third kappa shape index (κ3) is 1.49. The van der Waals surface area contributed by atoms with Gasteiger partial charge in [0.25, 0.3) is 0 Å². The highest BCUT2D eigenvalue weighted by atomic mass is 16.3. The largest absolute Gasteiger partial charge is 0.389 e. The highest BCUT2D eigenvalue weighted by Gasteiger charge is 2.31. The SMILES string of the molecule is Nc1nccnc1N1C[C@@H](O)[C@@H](O)C1. The molecule has 14 heavy (non-hydrogen) atoms. The molecule has 1 aliphatic heterocycles. The van der Waals surface area contributed by atoms with Crippen LogP contribution in [0.5, 0.6) is 0 Å². The van der Waals surface area contributed by atoms with Crippen LogP contribution in [-0.4, -0.2) is 45.5 Å². The van der Waals surface area contributed by atoms with Crippen LogP contribution in [0, 0.1) is 0 Å². The highest BCUT2D eigenvalue weighted by Crippen LogP contribution is 2.21. The van der Waals surface area contributed by atoms with Crippen molar-refractivity contribution in [2.24, 2.45) is 0 Å². The summed E-state index contributed by atoms with van der Waals surface area (Å²) in [6, 6.07) is 0. The van der Waals surface area contributed by atoms with Gasteiger partial charge in [-0.05, 0) is 0 Å². The van der Waals surface area contributed by atoms with Crippen LogP contribution in [0.2, 0.25) is 0 Å². The molecule has 1 aromatic rings. The van der Waals surface area contributed by atoms with Crippen LogP contribution < -0.4 is 10.6 Å². The predicted molar refractivity (Wildman–Crippen MR) is 50.7 cm³/mol. The molecule has 76 valence electrons. The lowest BCUT2D eigenvalue weighted by atomic mass is 10.3. The molecule has 6 heteroatoms. The molecule has 0 aromatic carbocycles. The Morgan fingerprint density at radius 1 is 1.21 bits per heavy atom. The Labute approximate surface area is 81.0 Å². The van der Waals surface area contributed by atoms with E-state index in [1.807, 2.05) is 0 Å². The fourth-order valence-electron chi connectivity index (χ4n) is 1.53.